The molecule has 1 fully saturated rings. The van der Waals surface area contributed by atoms with Crippen LogP contribution in [-0.4, -0.2) is 28.1 Å². The maximum Gasteiger partial charge on any atom is 0.251 e. The number of aromatic amines is 1. The molecule has 0 bridgehead atoms. The van der Waals surface area contributed by atoms with Crippen LogP contribution in [0, 0.1) is 5.82 Å². The number of halogens is 1. The van der Waals surface area contributed by atoms with Gasteiger partial charge in [0.05, 0.1) is 12.1 Å². The molecule has 1 saturated carbocycles. The van der Waals surface area contributed by atoms with Crippen LogP contribution in [0.2, 0.25) is 0 Å². The Morgan fingerprint density at radius 3 is 2.68 bits per heavy atom. The van der Waals surface area contributed by atoms with Crippen molar-refractivity contribution in [2.24, 2.45) is 0 Å². The number of hydrogen-bond donors (Lipinski definition) is 3. The number of aliphatic hydroxyl groups excluding tert-OH is 1. The van der Waals surface area contributed by atoms with Crippen molar-refractivity contribution < 1.29 is 14.3 Å². The zero-order valence-electron chi connectivity index (χ0n) is 13.6. The highest BCUT2D eigenvalue weighted by atomic mass is 19.1. The Kier molecular flexibility index (Phi) is 4.01. The molecule has 0 saturated heterocycles. The molecule has 4 rings (SSSR count). The third-order valence-corrected chi connectivity index (χ3v) is 4.90. The van der Waals surface area contributed by atoms with Crippen LogP contribution >= 0.6 is 0 Å². The Morgan fingerprint density at radius 2 is 1.96 bits per heavy atom. The monoisotopic (exact) mass is 338 g/mol. The Morgan fingerprint density at radius 1 is 1.16 bits per heavy atom. The molecule has 1 amide bonds. The van der Waals surface area contributed by atoms with E-state index in [1.165, 1.54) is 12.1 Å². The Labute approximate surface area is 144 Å². The zero-order valence-corrected chi connectivity index (χ0v) is 13.6. The summed E-state index contributed by atoms with van der Waals surface area (Å²) in [6.07, 6.45) is 3.89. The molecule has 1 heterocycles. The summed E-state index contributed by atoms with van der Waals surface area (Å²) in [6.45, 7) is 0. The van der Waals surface area contributed by atoms with Crippen LogP contribution < -0.4 is 5.32 Å². The minimum absolute atomic E-state index is 0.157. The molecule has 2 atom stereocenters. The van der Waals surface area contributed by atoms with Crippen LogP contribution in [0.3, 0.4) is 0 Å². The summed E-state index contributed by atoms with van der Waals surface area (Å²) in [7, 11) is 0. The number of aliphatic hydroxyl groups is 1. The van der Waals surface area contributed by atoms with E-state index in [-0.39, 0.29) is 17.8 Å². The minimum atomic E-state index is -0.449. The lowest BCUT2D eigenvalue weighted by Gasteiger charge is -2.16. The van der Waals surface area contributed by atoms with Gasteiger partial charge in [-0.3, -0.25) is 4.79 Å². The van der Waals surface area contributed by atoms with Crippen molar-refractivity contribution in [3.8, 4) is 11.1 Å². The van der Waals surface area contributed by atoms with Gasteiger partial charge in [-0.1, -0.05) is 12.1 Å². The van der Waals surface area contributed by atoms with Gasteiger partial charge in [-0.15, -0.1) is 0 Å². The highest BCUT2D eigenvalue weighted by Crippen LogP contribution is 2.29. The minimum Gasteiger partial charge on any atom is -0.391 e. The van der Waals surface area contributed by atoms with E-state index >= 15 is 0 Å². The molecule has 4 nitrogen and oxygen atoms in total. The van der Waals surface area contributed by atoms with Gasteiger partial charge in [0.25, 0.3) is 5.91 Å². The number of fused-ring (bicyclic) bond motifs is 1. The number of hydrogen-bond acceptors (Lipinski definition) is 2. The first-order chi connectivity index (χ1) is 12.1. The Hall–Kier alpha value is -2.66. The van der Waals surface area contributed by atoms with Gasteiger partial charge in [0.15, 0.2) is 0 Å². The summed E-state index contributed by atoms with van der Waals surface area (Å²) in [5, 5.41) is 13.7. The highest BCUT2D eigenvalue weighted by molar-refractivity contribution is 5.98. The van der Waals surface area contributed by atoms with Gasteiger partial charge < -0.3 is 15.4 Å². The topological polar surface area (TPSA) is 65.1 Å². The maximum absolute atomic E-state index is 13.3. The van der Waals surface area contributed by atoms with E-state index in [2.05, 4.69) is 10.3 Å². The second-order valence-electron chi connectivity index (χ2n) is 6.55. The molecule has 2 aromatic carbocycles. The van der Waals surface area contributed by atoms with E-state index in [0.29, 0.717) is 5.56 Å². The third kappa shape index (κ3) is 3.03. The molecule has 25 heavy (non-hydrogen) atoms. The fraction of sp³-hybridized carbons (Fsp3) is 0.250. The molecule has 3 aromatic rings. The summed E-state index contributed by atoms with van der Waals surface area (Å²) in [5.74, 6) is -0.444. The van der Waals surface area contributed by atoms with Crippen molar-refractivity contribution in [3.05, 3.63) is 60.0 Å². The number of benzene rings is 2. The van der Waals surface area contributed by atoms with Gasteiger partial charge in [-0.05, 0) is 55.2 Å². The number of amides is 1. The standard InChI is InChI=1S/C20H19FN2O2/c21-14-8-9-15-16(11-22-18(15)10-14)12-4-6-13(7-5-12)20(25)23-17-2-1-3-19(17)24/h4-11,17,19,22,24H,1-3H2,(H,23,25)/t17-,19-/m0/s1. The van der Waals surface area contributed by atoms with Gasteiger partial charge in [-0.2, -0.15) is 0 Å². The first kappa shape index (κ1) is 15.8. The summed E-state index contributed by atoms with van der Waals surface area (Å²) >= 11 is 0. The molecule has 5 heteroatoms. The van der Waals surface area contributed by atoms with E-state index < -0.39 is 6.10 Å². The normalized spacial score (nSPS) is 20.1. The molecular formula is C20H19FN2O2. The molecule has 1 aromatic heterocycles. The van der Waals surface area contributed by atoms with Crippen molar-refractivity contribution in [1.29, 1.82) is 0 Å². The summed E-state index contributed by atoms with van der Waals surface area (Å²) < 4.78 is 13.3. The average molecular weight is 338 g/mol. The van der Waals surface area contributed by atoms with Crippen molar-refractivity contribution in [2.75, 3.05) is 0 Å². The average Bonchev–Trinajstić information content (AvgIpc) is 3.21. The molecule has 1 aliphatic carbocycles. The number of aromatic nitrogens is 1. The van der Waals surface area contributed by atoms with Crippen LogP contribution in [0.5, 0.6) is 0 Å². The fourth-order valence-electron chi connectivity index (χ4n) is 3.50. The largest absolute Gasteiger partial charge is 0.391 e. The van der Waals surface area contributed by atoms with E-state index in [1.807, 2.05) is 18.3 Å². The summed E-state index contributed by atoms with van der Waals surface area (Å²) in [5.41, 5.74) is 3.23. The van der Waals surface area contributed by atoms with E-state index in [4.69, 9.17) is 0 Å². The smallest absolute Gasteiger partial charge is 0.251 e. The number of H-pyrrole nitrogens is 1. The molecule has 0 unspecified atom stereocenters. The fourth-order valence-corrected chi connectivity index (χ4v) is 3.50. The number of rotatable bonds is 3. The van der Waals surface area contributed by atoms with E-state index in [9.17, 15) is 14.3 Å². The second kappa shape index (κ2) is 6.33. The second-order valence-corrected chi connectivity index (χ2v) is 6.55. The highest BCUT2D eigenvalue weighted by Gasteiger charge is 2.26. The summed E-state index contributed by atoms with van der Waals surface area (Å²) in [6, 6.07) is 11.8. The first-order valence-corrected chi connectivity index (χ1v) is 8.48. The van der Waals surface area contributed by atoms with Crippen molar-refractivity contribution in [3.63, 3.8) is 0 Å². The first-order valence-electron chi connectivity index (χ1n) is 8.48. The quantitative estimate of drug-likeness (QED) is 0.683. The predicted molar refractivity (Wildman–Crippen MR) is 94.8 cm³/mol. The van der Waals surface area contributed by atoms with Gasteiger partial charge >= 0.3 is 0 Å². The molecule has 3 N–H and O–H groups in total. The predicted octanol–water partition coefficient (Wildman–Crippen LogP) is 3.62. The van der Waals surface area contributed by atoms with Gasteiger partial charge in [0.1, 0.15) is 5.82 Å². The lowest BCUT2D eigenvalue weighted by atomic mass is 10.0. The van der Waals surface area contributed by atoms with E-state index in [1.54, 1.807) is 18.2 Å². The van der Waals surface area contributed by atoms with Crippen LogP contribution in [0.4, 0.5) is 4.39 Å². The molecule has 128 valence electrons. The Bertz CT molecular complexity index is 917. The van der Waals surface area contributed by atoms with Gasteiger partial charge in [-0.25, -0.2) is 4.39 Å². The SMILES string of the molecule is O=C(N[C@H]1CCC[C@@H]1O)c1ccc(-c2c[nH]c3cc(F)ccc23)cc1. The molecular weight excluding hydrogens is 319 g/mol. The molecule has 0 spiro atoms. The van der Waals surface area contributed by atoms with Crippen molar-refractivity contribution >= 4 is 16.8 Å². The molecule has 0 aliphatic heterocycles. The van der Waals surface area contributed by atoms with Crippen LogP contribution in [0.1, 0.15) is 29.6 Å². The molecule has 0 radical (unpaired) electrons. The lowest BCUT2D eigenvalue weighted by molar-refractivity contribution is 0.0873. The van der Waals surface area contributed by atoms with Gasteiger partial charge in [0, 0.05) is 28.2 Å². The zero-order chi connectivity index (χ0) is 17.4. The van der Waals surface area contributed by atoms with Gasteiger partial charge in [0.2, 0.25) is 0 Å². The maximum atomic E-state index is 13.3. The van der Waals surface area contributed by atoms with Crippen molar-refractivity contribution in [1.82, 2.24) is 10.3 Å². The van der Waals surface area contributed by atoms with Crippen LogP contribution in [-0.2, 0) is 0 Å². The number of nitrogens with one attached hydrogen (secondary N) is 2. The van der Waals surface area contributed by atoms with Crippen molar-refractivity contribution in [2.45, 2.75) is 31.4 Å². The van der Waals surface area contributed by atoms with Crippen LogP contribution in [0.15, 0.2) is 48.7 Å². The number of carbonyl (C=O) groups excluding carboxylic acids is 1. The molecule has 1 aliphatic rings. The Balaban J connectivity index is 1.56. The lowest BCUT2D eigenvalue weighted by Crippen LogP contribution is -2.39. The van der Waals surface area contributed by atoms with Crippen LogP contribution in [0.25, 0.3) is 22.0 Å². The summed E-state index contributed by atoms with van der Waals surface area (Å²) in [4.78, 5) is 15.4. The number of carbonyl (C=O) groups is 1. The van der Waals surface area contributed by atoms with E-state index in [0.717, 1.165) is 41.3 Å². The third-order valence-electron chi connectivity index (χ3n) is 4.90.